The molecule has 150 valence electrons. The highest BCUT2D eigenvalue weighted by atomic mass is 127. The Morgan fingerprint density at radius 2 is 1.67 bits per heavy atom. The lowest BCUT2D eigenvalue weighted by atomic mass is 10.1. The number of hydrogen-bond donors (Lipinski definition) is 2. The third kappa shape index (κ3) is 7.95. The predicted molar refractivity (Wildman–Crippen MR) is 106 cm³/mol. The van der Waals surface area contributed by atoms with Crippen molar-refractivity contribution in [2.75, 3.05) is 20.1 Å². The van der Waals surface area contributed by atoms with E-state index in [1.54, 1.807) is 7.05 Å². The number of hydrogen-bond acceptors (Lipinski definition) is 3. The molecule has 1 aromatic heterocycles. The molecule has 0 bridgehead atoms. The minimum absolute atomic E-state index is 0. The molecule has 0 amide bonds. The van der Waals surface area contributed by atoms with Crippen LogP contribution in [0.25, 0.3) is 0 Å². The molecule has 1 aromatic carbocycles. The van der Waals surface area contributed by atoms with Crippen molar-refractivity contribution in [3.05, 3.63) is 51.5 Å². The Labute approximate surface area is 174 Å². The van der Waals surface area contributed by atoms with Crippen LogP contribution in [0.4, 0.5) is 22.0 Å². The van der Waals surface area contributed by atoms with Crippen LogP contribution in [0.5, 0.6) is 0 Å². The minimum Gasteiger partial charge on any atom is -0.356 e. The molecule has 2 N–H and O–H groups in total. The van der Waals surface area contributed by atoms with Gasteiger partial charge in [-0.25, -0.2) is 13.8 Å². The average molecular weight is 520 g/mol. The Bertz CT molecular complexity index is 743. The van der Waals surface area contributed by atoms with Crippen LogP contribution in [0.3, 0.4) is 0 Å². The zero-order chi connectivity index (χ0) is 19.2. The molecule has 27 heavy (non-hydrogen) atoms. The number of nitrogens with zero attached hydrogens (tertiary/aromatic N) is 2. The van der Waals surface area contributed by atoms with E-state index in [1.807, 2.05) is 0 Å². The third-order valence-corrected chi connectivity index (χ3v) is 4.23. The van der Waals surface area contributed by atoms with Gasteiger partial charge in [0, 0.05) is 38.0 Å². The molecule has 0 unspecified atom stereocenters. The van der Waals surface area contributed by atoms with Gasteiger partial charge in [-0.15, -0.1) is 35.3 Å². The Hall–Kier alpha value is -1.50. The van der Waals surface area contributed by atoms with E-state index in [0.717, 1.165) is 22.8 Å². The summed E-state index contributed by atoms with van der Waals surface area (Å²) in [5.41, 5.74) is -0.379. The van der Waals surface area contributed by atoms with Gasteiger partial charge in [0.05, 0.1) is 5.01 Å². The normalized spacial score (nSPS) is 11.9. The zero-order valence-corrected chi connectivity index (χ0v) is 17.4. The summed E-state index contributed by atoms with van der Waals surface area (Å²) in [5, 5.41) is 7.28. The molecule has 2 rings (SSSR count). The van der Waals surface area contributed by atoms with Gasteiger partial charge in [0.25, 0.3) is 0 Å². The molecular formula is C16H18F5IN4S. The molecule has 0 radical (unpaired) electrons. The monoisotopic (exact) mass is 520 g/mol. The fourth-order valence-corrected chi connectivity index (χ4v) is 2.95. The second-order valence-electron chi connectivity index (χ2n) is 5.33. The number of rotatable bonds is 6. The molecular weight excluding hydrogens is 502 g/mol. The molecule has 0 aliphatic heterocycles. The summed E-state index contributed by atoms with van der Waals surface area (Å²) >= 11 is 0.951. The van der Waals surface area contributed by atoms with Crippen LogP contribution in [0.1, 0.15) is 16.3 Å². The lowest BCUT2D eigenvalue weighted by Gasteiger charge is -2.11. The summed E-state index contributed by atoms with van der Waals surface area (Å²) in [7, 11) is 1.54. The van der Waals surface area contributed by atoms with Gasteiger partial charge in [0.15, 0.2) is 11.7 Å². The molecule has 0 aliphatic rings. The van der Waals surface area contributed by atoms with Crippen LogP contribution in [0.15, 0.2) is 28.6 Å². The maximum atomic E-state index is 13.1. The lowest BCUT2D eigenvalue weighted by Crippen LogP contribution is -2.39. The zero-order valence-electron chi connectivity index (χ0n) is 14.2. The van der Waals surface area contributed by atoms with Gasteiger partial charge in [-0.1, -0.05) is 0 Å². The number of aliphatic imine (C=N–C) groups is 1. The molecule has 0 atom stereocenters. The van der Waals surface area contributed by atoms with E-state index < -0.39 is 23.5 Å². The molecule has 0 spiro atoms. The molecule has 0 fully saturated rings. The lowest BCUT2D eigenvalue weighted by molar-refractivity contribution is -0.140. The van der Waals surface area contributed by atoms with Gasteiger partial charge in [-0.05, 0) is 24.1 Å². The first kappa shape index (κ1) is 23.5. The van der Waals surface area contributed by atoms with Crippen molar-refractivity contribution in [2.45, 2.75) is 19.0 Å². The summed E-state index contributed by atoms with van der Waals surface area (Å²) < 4.78 is 63.7. The Kier molecular flexibility index (Phi) is 9.36. The van der Waals surface area contributed by atoms with Gasteiger partial charge in [-0.3, -0.25) is 4.99 Å². The van der Waals surface area contributed by atoms with Crippen LogP contribution >= 0.6 is 35.3 Å². The molecule has 0 saturated heterocycles. The van der Waals surface area contributed by atoms with Crippen molar-refractivity contribution in [1.82, 2.24) is 15.6 Å². The van der Waals surface area contributed by atoms with Crippen LogP contribution in [-0.4, -0.2) is 31.1 Å². The second-order valence-corrected chi connectivity index (χ2v) is 6.27. The first-order valence-corrected chi connectivity index (χ1v) is 8.57. The molecule has 1 heterocycles. The van der Waals surface area contributed by atoms with E-state index in [0.29, 0.717) is 42.5 Å². The number of guanidine groups is 1. The summed E-state index contributed by atoms with van der Waals surface area (Å²) in [6.07, 6.45) is -3.73. The Morgan fingerprint density at radius 3 is 2.19 bits per heavy atom. The average Bonchev–Trinajstić information content (AvgIpc) is 3.01. The second kappa shape index (κ2) is 10.7. The standard InChI is InChI=1S/C16H17F5N4S.HI/c1-22-15(23-4-2-10-6-11(17)8-12(18)7-10)24-5-3-14-25-13(9-26-14)16(19,20)21;/h6-9H,2-5H2,1H3,(H2,22,23,24);1H. The minimum atomic E-state index is -4.43. The smallest absolute Gasteiger partial charge is 0.356 e. The number of thiazole rings is 1. The van der Waals surface area contributed by atoms with Gasteiger partial charge in [0.1, 0.15) is 11.6 Å². The quantitative estimate of drug-likeness (QED) is 0.262. The summed E-state index contributed by atoms with van der Waals surface area (Å²) in [6.45, 7) is 0.733. The SMILES string of the molecule is CN=C(NCCc1cc(F)cc(F)c1)NCCc1nc(C(F)(F)F)cs1.I. The first-order chi connectivity index (χ1) is 12.3. The highest BCUT2D eigenvalue weighted by Gasteiger charge is 2.33. The van der Waals surface area contributed by atoms with Gasteiger partial charge in [-0.2, -0.15) is 13.2 Å². The maximum absolute atomic E-state index is 13.1. The topological polar surface area (TPSA) is 49.3 Å². The van der Waals surface area contributed by atoms with E-state index >= 15 is 0 Å². The molecule has 11 heteroatoms. The predicted octanol–water partition coefficient (Wildman–Crippen LogP) is 4.01. The number of aromatic nitrogens is 1. The van der Waals surface area contributed by atoms with Crippen molar-refractivity contribution in [3.63, 3.8) is 0 Å². The number of alkyl halides is 3. The fourth-order valence-electron chi connectivity index (χ4n) is 2.14. The highest BCUT2D eigenvalue weighted by Crippen LogP contribution is 2.29. The Morgan fingerprint density at radius 1 is 1.07 bits per heavy atom. The van der Waals surface area contributed by atoms with Crippen molar-refractivity contribution in [2.24, 2.45) is 4.99 Å². The molecule has 2 aromatic rings. The van der Waals surface area contributed by atoms with Crippen LogP contribution in [-0.2, 0) is 19.0 Å². The molecule has 4 nitrogen and oxygen atoms in total. The number of nitrogens with one attached hydrogen (secondary N) is 2. The van der Waals surface area contributed by atoms with Crippen LogP contribution in [0, 0.1) is 11.6 Å². The number of benzene rings is 1. The molecule has 0 aliphatic carbocycles. The molecule has 0 saturated carbocycles. The van der Waals surface area contributed by atoms with Crippen molar-refractivity contribution in [1.29, 1.82) is 0 Å². The summed E-state index contributed by atoms with van der Waals surface area (Å²) in [5.74, 6) is -0.831. The van der Waals surface area contributed by atoms with Gasteiger partial charge in [0.2, 0.25) is 0 Å². The first-order valence-electron chi connectivity index (χ1n) is 7.69. The number of halogens is 6. The summed E-state index contributed by atoms with van der Waals surface area (Å²) in [4.78, 5) is 7.52. The van der Waals surface area contributed by atoms with Crippen molar-refractivity contribution >= 4 is 41.3 Å². The summed E-state index contributed by atoms with van der Waals surface area (Å²) in [6, 6.07) is 3.31. The van der Waals surface area contributed by atoms with E-state index in [4.69, 9.17) is 0 Å². The Balaban J connectivity index is 0.00000364. The van der Waals surface area contributed by atoms with Crippen molar-refractivity contribution in [3.8, 4) is 0 Å². The third-order valence-electron chi connectivity index (χ3n) is 3.33. The van der Waals surface area contributed by atoms with E-state index in [9.17, 15) is 22.0 Å². The van der Waals surface area contributed by atoms with E-state index in [-0.39, 0.29) is 24.0 Å². The van der Waals surface area contributed by atoms with Crippen molar-refractivity contribution < 1.29 is 22.0 Å². The maximum Gasteiger partial charge on any atom is 0.434 e. The van der Waals surface area contributed by atoms with Crippen LogP contribution in [0.2, 0.25) is 0 Å². The largest absolute Gasteiger partial charge is 0.434 e. The van der Waals surface area contributed by atoms with Gasteiger partial charge < -0.3 is 10.6 Å². The highest BCUT2D eigenvalue weighted by molar-refractivity contribution is 14.0. The van der Waals surface area contributed by atoms with E-state index in [1.165, 1.54) is 12.1 Å². The van der Waals surface area contributed by atoms with Gasteiger partial charge >= 0.3 is 6.18 Å². The van der Waals surface area contributed by atoms with Crippen LogP contribution < -0.4 is 10.6 Å². The van der Waals surface area contributed by atoms with E-state index in [2.05, 4.69) is 20.6 Å². The fraction of sp³-hybridized carbons (Fsp3) is 0.375.